The number of nitrogens with zero attached hydrogens (tertiary/aromatic N) is 1. The molecule has 0 fully saturated rings. The Morgan fingerprint density at radius 2 is 1.29 bits per heavy atom. The van der Waals surface area contributed by atoms with Crippen molar-refractivity contribution in [1.82, 2.24) is 0 Å². The summed E-state index contributed by atoms with van der Waals surface area (Å²) in [5.41, 5.74) is 1.09. The van der Waals surface area contributed by atoms with Crippen molar-refractivity contribution in [2.75, 3.05) is 16.1 Å². The first-order valence-corrected chi connectivity index (χ1v) is 12.0. The van der Waals surface area contributed by atoms with Gasteiger partial charge in [0, 0.05) is 12.7 Å². The van der Waals surface area contributed by atoms with Crippen LogP contribution in [0.5, 0.6) is 0 Å². The van der Waals surface area contributed by atoms with Crippen molar-refractivity contribution in [3.63, 3.8) is 0 Å². The van der Waals surface area contributed by atoms with Crippen molar-refractivity contribution in [1.29, 1.82) is 0 Å². The molecule has 0 unspecified atom stereocenters. The monoisotopic (exact) mass is 466 g/mol. The highest BCUT2D eigenvalue weighted by Crippen LogP contribution is 2.33. The molecule has 0 amide bonds. The first-order valence-electron chi connectivity index (χ1n) is 9.06. The van der Waals surface area contributed by atoms with Crippen LogP contribution in [0.3, 0.4) is 0 Å². The van der Waals surface area contributed by atoms with Crippen molar-refractivity contribution in [2.45, 2.75) is 23.6 Å². The number of nitrogens with one attached hydrogen (secondary N) is 1. The highest BCUT2D eigenvalue weighted by molar-refractivity contribution is 7.93. The van der Waals surface area contributed by atoms with Gasteiger partial charge < -0.3 is 0 Å². The van der Waals surface area contributed by atoms with E-state index in [-0.39, 0.29) is 26.7 Å². The van der Waals surface area contributed by atoms with E-state index in [1.54, 1.807) is 6.92 Å². The lowest BCUT2D eigenvalue weighted by atomic mass is 10.1. The summed E-state index contributed by atoms with van der Waals surface area (Å²) in [7, 11) is -6.86. The Bertz CT molecular complexity index is 1320. The molecule has 10 heteroatoms. The van der Waals surface area contributed by atoms with E-state index < -0.39 is 31.7 Å². The fraction of sp³-hybridized carbons (Fsp3) is 0.143. The van der Waals surface area contributed by atoms with Gasteiger partial charge in [0.15, 0.2) is 0 Å². The maximum absolute atomic E-state index is 13.2. The Kier molecular flexibility index (Phi) is 6.06. The van der Waals surface area contributed by atoms with Crippen LogP contribution in [0.4, 0.5) is 20.2 Å². The minimum atomic E-state index is -4.09. The Morgan fingerprint density at radius 3 is 1.84 bits per heavy atom. The van der Waals surface area contributed by atoms with E-state index in [9.17, 15) is 25.6 Å². The molecule has 0 aliphatic rings. The van der Waals surface area contributed by atoms with Crippen LogP contribution in [0.15, 0.2) is 70.5 Å². The maximum atomic E-state index is 13.2. The number of hydrogen-bond acceptors (Lipinski definition) is 4. The summed E-state index contributed by atoms with van der Waals surface area (Å²) in [5, 5.41) is 0. The summed E-state index contributed by atoms with van der Waals surface area (Å²) >= 11 is 0. The highest BCUT2D eigenvalue weighted by Gasteiger charge is 2.27. The number of anilines is 2. The van der Waals surface area contributed by atoms with Gasteiger partial charge in [0.2, 0.25) is 0 Å². The molecule has 3 aromatic rings. The third-order valence-electron chi connectivity index (χ3n) is 4.76. The van der Waals surface area contributed by atoms with E-state index in [4.69, 9.17) is 0 Å². The second-order valence-electron chi connectivity index (χ2n) is 6.89. The fourth-order valence-electron chi connectivity index (χ4n) is 3.21. The first kappa shape index (κ1) is 22.7. The van der Waals surface area contributed by atoms with E-state index in [0.717, 1.165) is 40.7 Å². The lowest BCUT2D eigenvalue weighted by Crippen LogP contribution is -2.28. The van der Waals surface area contributed by atoms with Crippen molar-refractivity contribution in [2.24, 2.45) is 0 Å². The lowest BCUT2D eigenvalue weighted by molar-refractivity contribution is 0.591. The third kappa shape index (κ3) is 4.54. The molecule has 3 aromatic carbocycles. The molecule has 3 rings (SSSR count). The first-order chi connectivity index (χ1) is 14.4. The normalized spacial score (nSPS) is 11.9. The molecular formula is C21H20F2N2O4S2. The predicted molar refractivity (Wildman–Crippen MR) is 115 cm³/mol. The van der Waals surface area contributed by atoms with E-state index in [0.29, 0.717) is 5.56 Å². The van der Waals surface area contributed by atoms with Gasteiger partial charge in [-0.25, -0.2) is 25.6 Å². The van der Waals surface area contributed by atoms with Crippen LogP contribution in [0.1, 0.15) is 11.1 Å². The summed E-state index contributed by atoms with van der Waals surface area (Å²) in [6, 6.07) is 12.0. The zero-order chi connectivity index (χ0) is 23.0. The number of aryl methyl sites for hydroxylation is 1. The molecular weight excluding hydrogens is 446 g/mol. The average Bonchev–Trinajstić information content (AvgIpc) is 2.69. The molecule has 0 saturated carbocycles. The SMILES string of the molecule is Cc1ccc(S(=O)(=O)Nc2ccc(F)cc2)c(C)c1N(C)S(=O)(=O)c1ccc(F)cc1. The van der Waals surface area contributed by atoms with Gasteiger partial charge in [-0.05, 0) is 79.6 Å². The Hall–Kier alpha value is -2.98. The van der Waals surface area contributed by atoms with Crippen LogP contribution in [0.2, 0.25) is 0 Å². The van der Waals surface area contributed by atoms with Crippen molar-refractivity contribution < 1.29 is 25.6 Å². The third-order valence-corrected chi connectivity index (χ3v) is 8.05. The number of hydrogen-bond donors (Lipinski definition) is 1. The van der Waals surface area contributed by atoms with E-state index in [1.807, 2.05) is 0 Å². The molecule has 0 bridgehead atoms. The summed E-state index contributed by atoms with van der Waals surface area (Å²) in [4.78, 5) is -0.258. The van der Waals surface area contributed by atoms with Gasteiger partial charge in [-0.2, -0.15) is 0 Å². The molecule has 0 aliphatic carbocycles. The summed E-state index contributed by atoms with van der Waals surface area (Å²) < 4.78 is 81.6. The van der Waals surface area contributed by atoms with E-state index in [1.165, 1.54) is 38.2 Å². The van der Waals surface area contributed by atoms with Crippen LogP contribution in [0, 0.1) is 25.5 Å². The molecule has 1 N–H and O–H groups in total. The standard InChI is InChI=1S/C21H20F2N2O4S2/c1-14-4-13-20(30(26,27)24-18-9-5-16(22)6-10-18)15(2)21(14)25(3)31(28,29)19-11-7-17(23)8-12-19/h4-13,24H,1-3H3. The van der Waals surface area contributed by atoms with E-state index in [2.05, 4.69) is 4.72 Å². The molecule has 0 spiro atoms. The fourth-order valence-corrected chi connectivity index (χ4v) is 5.83. The molecule has 31 heavy (non-hydrogen) atoms. The molecule has 164 valence electrons. The summed E-state index contributed by atoms with van der Waals surface area (Å²) in [6.07, 6.45) is 0. The highest BCUT2D eigenvalue weighted by atomic mass is 32.2. The van der Waals surface area contributed by atoms with Gasteiger partial charge in [-0.15, -0.1) is 0 Å². The van der Waals surface area contributed by atoms with Crippen LogP contribution < -0.4 is 9.03 Å². The molecule has 0 heterocycles. The minimum absolute atomic E-state index is 0.126. The van der Waals surface area contributed by atoms with Crippen LogP contribution >= 0.6 is 0 Å². The van der Waals surface area contributed by atoms with Crippen molar-refractivity contribution in [3.05, 3.63) is 83.4 Å². The maximum Gasteiger partial charge on any atom is 0.264 e. The largest absolute Gasteiger partial charge is 0.280 e. The Balaban J connectivity index is 2.06. The van der Waals surface area contributed by atoms with Gasteiger partial charge in [-0.1, -0.05) is 6.07 Å². The predicted octanol–water partition coefficient (Wildman–Crippen LogP) is 4.21. The molecule has 0 aliphatic heterocycles. The van der Waals surface area contributed by atoms with Crippen molar-refractivity contribution >= 4 is 31.4 Å². The number of halogens is 2. The summed E-state index contributed by atoms with van der Waals surface area (Å²) in [5.74, 6) is -1.08. The Morgan fingerprint density at radius 1 is 0.774 bits per heavy atom. The van der Waals surface area contributed by atoms with Gasteiger partial charge in [0.1, 0.15) is 11.6 Å². The lowest BCUT2D eigenvalue weighted by Gasteiger charge is -2.25. The minimum Gasteiger partial charge on any atom is -0.280 e. The average molecular weight is 467 g/mol. The molecule has 6 nitrogen and oxygen atoms in total. The Labute approximate surface area is 180 Å². The van der Waals surface area contributed by atoms with Gasteiger partial charge >= 0.3 is 0 Å². The molecule has 0 radical (unpaired) electrons. The second-order valence-corrected chi connectivity index (χ2v) is 10.5. The molecule has 0 atom stereocenters. The molecule has 0 aromatic heterocycles. The number of benzene rings is 3. The summed E-state index contributed by atoms with van der Waals surface area (Å²) in [6.45, 7) is 3.15. The van der Waals surface area contributed by atoms with Crippen LogP contribution in [-0.2, 0) is 20.0 Å². The van der Waals surface area contributed by atoms with Crippen LogP contribution in [0.25, 0.3) is 0 Å². The number of sulfonamides is 2. The van der Waals surface area contributed by atoms with Crippen molar-refractivity contribution in [3.8, 4) is 0 Å². The topological polar surface area (TPSA) is 83.6 Å². The quantitative estimate of drug-likeness (QED) is 0.590. The number of rotatable bonds is 6. The van der Waals surface area contributed by atoms with Gasteiger partial charge in [0.25, 0.3) is 20.0 Å². The smallest absolute Gasteiger partial charge is 0.264 e. The second kappa shape index (κ2) is 8.27. The zero-order valence-corrected chi connectivity index (χ0v) is 18.6. The zero-order valence-electron chi connectivity index (χ0n) is 16.9. The molecule has 0 saturated heterocycles. The van der Waals surface area contributed by atoms with Gasteiger partial charge in [-0.3, -0.25) is 9.03 Å². The van der Waals surface area contributed by atoms with E-state index >= 15 is 0 Å². The van der Waals surface area contributed by atoms with Crippen LogP contribution in [-0.4, -0.2) is 23.9 Å². The van der Waals surface area contributed by atoms with Gasteiger partial charge in [0.05, 0.1) is 15.5 Å².